The van der Waals surface area contributed by atoms with E-state index in [1.54, 1.807) is 11.9 Å². The maximum Gasteiger partial charge on any atom is 0.573 e. The molecule has 0 saturated carbocycles. The zero-order chi connectivity index (χ0) is 15.5. The molecule has 1 aromatic rings. The minimum Gasteiger partial charge on any atom is -0.406 e. The molecule has 4 nitrogen and oxygen atoms in total. The van der Waals surface area contributed by atoms with Crippen LogP contribution in [0.5, 0.6) is 5.75 Å². The first-order valence-electron chi connectivity index (χ1n) is 6.70. The fraction of sp³-hybridized carbons (Fsp3) is 0.500. The Morgan fingerprint density at radius 2 is 2.00 bits per heavy atom. The van der Waals surface area contributed by atoms with Gasteiger partial charge in [0.2, 0.25) is 0 Å². The molecule has 1 fully saturated rings. The third kappa shape index (κ3) is 4.35. The number of amides is 1. The second-order valence-electron chi connectivity index (χ2n) is 4.97. The van der Waals surface area contributed by atoms with Crippen molar-refractivity contribution in [2.24, 2.45) is 0 Å². The van der Waals surface area contributed by atoms with E-state index in [9.17, 15) is 18.0 Å². The summed E-state index contributed by atoms with van der Waals surface area (Å²) in [5.41, 5.74) is 0.192. The second kappa shape index (κ2) is 6.34. The van der Waals surface area contributed by atoms with Crippen LogP contribution in [0.2, 0.25) is 0 Å². The zero-order valence-electron chi connectivity index (χ0n) is 11.6. The van der Waals surface area contributed by atoms with Crippen LogP contribution >= 0.6 is 0 Å². The van der Waals surface area contributed by atoms with Crippen molar-refractivity contribution in [1.82, 2.24) is 10.2 Å². The number of hydrogen-bond donors (Lipinski definition) is 1. The number of ether oxygens (including phenoxy) is 1. The largest absolute Gasteiger partial charge is 0.573 e. The van der Waals surface area contributed by atoms with Gasteiger partial charge in [-0.2, -0.15) is 0 Å². The SMILES string of the molecule is CN(C(=O)c1cccc(OC(F)(F)F)c1)C1CCNCC1. The topological polar surface area (TPSA) is 41.6 Å². The van der Waals surface area contributed by atoms with E-state index >= 15 is 0 Å². The molecule has 0 spiro atoms. The first-order chi connectivity index (χ1) is 9.87. The van der Waals surface area contributed by atoms with Gasteiger partial charge in [0.05, 0.1) is 0 Å². The van der Waals surface area contributed by atoms with Crippen molar-refractivity contribution in [3.63, 3.8) is 0 Å². The molecule has 0 bridgehead atoms. The number of nitrogens with zero attached hydrogens (tertiary/aromatic N) is 1. The summed E-state index contributed by atoms with van der Waals surface area (Å²) in [5.74, 6) is -0.679. The van der Waals surface area contributed by atoms with Gasteiger partial charge in [-0.1, -0.05) is 6.07 Å². The minimum absolute atomic E-state index is 0.103. The highest BCUT2D eigenvalue weighted by Gasteiger charge is 2.31. The molecular weight excluding hydrogens is 285 g/mol. The van der Waals surface area contributed by atoms with E-state index < -0.39 is 6.36 Å². The van der Waals surface area contributed by atoms with Gasteiger partial charge in [-0.25, -0.2) is 0 Å². The average molecular weight is 302 g/mol. The third-order valence-electron chi connectivity index (χ3n) is 3.49. The summed E-state index contributed by atoms with van der Waals surface area (Å²) < 4.78 is 40.4. The Kier molecular flexibility index (Phi) is 4.72. The molecule has 0 unspecified atom stereocenters. The van der Waals surface area contributed by atoms with Crippen LogP contribution in [0.15, 0.2) is 24.3 Å². The number of carbonyl (C=O) groups excluding carboxylic acids is 1. The lowest BCUT2D eigenvalue weighted by atomic mass is 10.0. The van der Waals surface area contributed by atoms with Gasteiger partial charge >= 0.3 is 6.36 Å². The number of nitrogens with one attached hydrogen (secondary N) is 1. The Labute approximate surface area is 120 Å². The van der Waals surface area contributed by atoms with E-state index in [-0.39, 0.29) is 23.3 Å². The number of alkyl halides is 3. The van der Waals surface area contributed by atoms with Crippen molar-refractivity contribution in [3.8, 4) is 5.75 Å². The minimum atomic E-state index is -4.76. The summed E-state index contributed by atoms with van der Waals surface area (Å²) in [5, 5.41) is 3.20. The zero-order valence-corrected chi connectivity index (χ0v) is 11.6. The smallest absolute Gasteiger partial charge is 0.406 e. The van der Waals surface area contributed by atoms with Crippen LogP contribution in [0.1, 0.15) is 23.2 Å². The van der Waals surface area contributed by atoms with Crippen LogP contribution in [0.25, 0.3) is 0 Å². The average Bonchev–Trinajstić information content (AvgIpc) is 2.45. The number of benzene rings is 1. The van der Waals surface area contributed by atoms with Gasteiger partial charge in [0, 0.05) is 18.7 Å². The van der Waals surface area contributed by atoms with Crippen molar-refractivity contribution in [1.29, 1.82) is 0 Å². The molecule has 1 amide bonds. The number of hydrogen-bond acceptors (Lipinski definition) is 3. The number of piperidine rings is 1. The van der Waals surface area contributed by atoms with Crippen LogP contribution < -0.4 is 10.1 Å². The Morgan fingerprint density at radius 3 is 2.62 bits per heavy atom. The molecule has 2 rings (SSSR count). The number of carbonyl (C=O) groups is 1. The van der Waals surface area contributed by atoms with Crippen molar-refractivity contribution in [2.75, 3.05) is 20.1 Å². The molecule has 1 aromatic carbocycles. The van der Waals surface area contributed by atoms with Gasteiger partial charge in [-0.15, -0.1) is 13.2 Å². The molecule has 0 radical (unpaired) electrons. The third-order valence-corrected chi connectivity index (χ3v) is 3.49. The fourth-order valence-electron chi connectivity index (χ4n) is 2.39. The molecule has 21 heavy (non-hydrogen) atoms. The van der Waals surface area contributed by atoms with E-state index in [1.165, 1.54) is 18.2 Å². The van der Waals surface area contributed by atoms with E-state index in [1.807, 2.05) is 0 Å². The van der Waals surface area contributed by atoms with Gasteiger partial charge in [0.15, 0.2) is 0 Å². The Balaban J connectivity index is 2.09. The van der Waals surface area contributed by atoms with E-state index in [2.05, 4.69) is 10.1 Å². The molecule has 7 heteroatoms. The van der Waals surface area contributed by atoms with Gasteiger partial charge in [-0.05, 0) is 44.1 Å². The van der Waals surface area contributed by atoms with Crippen LogP contribution in [0.4, 0.5) is 13.2 Å². The second-order valence-corrected chi connectivity index (χ2v) is 4.97. The van der Waals surface area contributed by atoms with Crippen LogP contribution in [-0.2, 0) is 0 Å². The van der Waals surface area contributed by atoms with Crippen LogP contribution in [-0.4, -0.2) is 43.3 Å². The van der Waals surface area contributed by atoms with Gasteiger partial charge in [0.1, 0.15) is 5.75 Å². The lowest BCUT2D eigenvalue weighted by Gasteiger charge is -2.31. The molecule has 0 atom stereocenters. The molecule has 1 heterocycles. The van der Waals surface area contributed by atoms with Crippen molar-refractivity contribution >= 4 is 5.91 Å². The monoisotopic (exact) mass is 302 g/mol. The van der Waals surface area contributed by atoms with Crippen molar-refractivity contribution < 1.29 is 22.7 Å². The number of halogens is 3. The summed E-state index contributed by atoms with van der Waals surface area (Å²) in [7, 11) is 1.68. The summed E-state index contributed by atoms with van der Waals surface area (Å²) >= 11 is 0. The molecule has 1 saturated heterocycles. The van der Waals surface area contributed by atoms with Gasteiger partial charge in [0.25, 0.3) is 5.91 Å². The van der Waals surface area contributed by atoms with E-state index in [0.717, 1.165) is 32.0 Å². The van der Waals surface area contributed by atoms with Crippen LogP contribution in [0, 0.1) is 0 Å². The molecular formula is C14H17F3N2O2. The summed E-state index contributed by atoms with van der Waals surface area (Å²) in [6.07, 6.45) is -3.09. The Bertz CT molecular complexity index is 499. The molecule has 116 valence electrons. The highest BCUT2D eigenvalue weighted by Crippen LogP contribution is 2.24. The predicted molar refractivity (Wildman–Crippen MR) is 71.1 cm³/mol. The summed E-state index contributed by atoms with van der Waals surface area (Å²) in [6.45, 7) is 1.67. The summed E-state index contributed by atoms with van der Waals surface area (Å²) in [4.78, 5) is 13.9. The van der Waals surface area contributed by atoms with Crippen LogP contribution in [0.3, 0.4) is 0 Å². The van der Waals surface area contributed by atoms with E-state index in [0.29, 0.717) is 0 Å². The lowest BCUT2D eigenvalue weighted by molar-refractivity contribution is -0.274. The van der Waals surface area contributed by atoms with Crippen molar-refractivity contribution in [3.05, 3.63) is 29.8 Å². The predicted octanol–water partition coefficient (Wildman–Crippen LogP) is 2.41. The maximum atomic E-state index is 12.3. The maximum absolute atomic E-state index is 12.3. The lowest BCUT2D eigenvalue weighted by Crippen LogP contribution is -2.43. The normalized spacial score (nSPS) is 16.6. The highest BCUT2D eigenvalue weighted by molar-refractivity contribution is 5.94. The van der Waals surface area contributed by atoms with Crippen molar-refractivity contribution in [2.45, 2.75) is 25.2 Å². The van der Waals surface area contributed by atoms with Gasteiger partial charge < -0.3 is 15.0 Å². The molecule has 1 aliphatic heterocycles. The number of rotatable bonds is 3. The molecule has 1 aliphatic rings. The summed E-state index contributed by atoms with van der Waals surface area (Å²) in [6, 6.07) is 5.27. The first-order valence-corrected chi connectivity index (χ1v) is 6.70. The van der Waals surface area contributed by atoms with Gasteiger partial charge in [-0.3, -0.25) is 4.79 Å². The fourth-order valence-corrected chi connectivity index (χ4v) is 2.39. The Morgan fingerprint density at radius 1 is 1.33 bits per heavy atom. The molecule has 1 N–H and O–H groups in total. The standard InChI is InChI=1S/C14H17F3N2O2/c1-19(11-5-7-18-8-6-11)13(20)10-3-2-4-12(9-10)21-14(15,16)17/h2-4,9,11,18H,5-8H2,1H3. The van der Waals surface area contributed by atoms with E-state index in [4.69, 9.17) is 0 Å². The first kappa shape index (κ1) is 15.6. The molecule has 0 aromatic heterocycles. The quantitative estimate of drug-likeness (QED) is 0.932. The molecule has 0 aliphatic carbocycles. The highest BCUT2D eigenvalue weighted by atomic mass is 19.4. The Hall–Kier alpha value is -1.76.